The Morgan fingerprint density at radius 2 is 2.06 bits per heavy atom. The van der Waals surface area contributed by atoms with E-state index in [0.29, 0.717) is 11.4 Å². The summed E-state index contributed by atoms with van der Waals surface area (Å²) in [6.07, 6.45) is 0.568. The van der Waals surface area contributed by atoms with Crippen LogP contribution < -0.4 is 11.3 Å². The van der Waals surface area contributed by atoms with Gasteiger partial charge in [-0.3, -0.25) is 11.3 Å². The second kappa shape index (κ2) is 5.97. The fourth-order valence-electron chi connectivity index (χ4n) is 1.74. The molecule has 18 heavy (non-hydrogen) atoms. The number of benzene rings is 1. The summed E-state index contributed by atoms with van der Waals surface area (Å²) in [7, 11) is 3.97. The average molecular weight is 274 g/mol. The van der Waals surface area contributed by atoms with Crippen LogP contribution in [0.1, 0.15) is 19.4 Å². The van der Waals surface area contributed by atoms with Gasteiger partial charge in [-0.1, -0.05) is 11.6 Å². The van der Waals surface area contributed by atoms with E-state index in [1.54, 1.807) is 6.07 Å². The van der Waals surface area contributed by atoms with Crippen molar-refractivity contribution in [3.8, 4) is 0 Å². The van der Waals surface area contributed by atoms with Crippen LogP contribution in [0.4, 0.5) is 4.39 Å². The predicted octanol–water partition coefficient (Wildman–Crippen LogP) is 2.19. The number of likely N-dealkylation sites (N-methyl/N-ethyl adjacent to an activating group) is 1. The quantitative estimate of drug-likeness (QED) is 0.638. The number of hydrogen-bond acceptors (Lipinski definition) is 3. The number of nitrogens with zero attached hydrogens (tertiary/aromatic N) is 1. The van der Waals surface area contributed by atoms with Crippen molar-refractivity contribution >= 4 is 11.6 Å². The zero-order valence-corrected chi connectivity index (χ0v) is 12.1. The second-order valence-corrected chi connectivity index (χ2v) is 5.61. The molecule has 0 aliphatic rings. The first kappa shape index (κ1) is 15.4. The highest BCUT2D eigenvalue weighted by Gasteiger charge is 2.31. The van der Waals surface area contributed by atoms with Crippen molar-refractivity contribution in [3.63, 3.8) is 0 Å². The number of rotatable bonds is 5. The fraction of sp³-hybridized carbons (Fsp3) is 0.538. The summed E-state index contributed by atoms with van der Waals surface area (Å²) in [6.45, 7) is 4.15. The molecule has 0 heterocycles. The first-order chi connectivity index (χ1) is 8.28. The normalized spacial score (nSPS) is 14.0. The van der Waals surface area contributed by atoms with Crippen LogP contribution in [0, 0.1) is 5.82 Å². The first-order valence-corrected chi connectivity index (χ1v) is 6.24. The van der Waals surface area contributed by atoms with Crippen molar-refractivity contribution in [2.24, 2.45) is 5.84 Å². The van der Waals surface area contributed by atoms with Crippen LogP contribution in [-0.2, 0) is 6.42 Å². The molecule has 1 atom stereocenters. The van der Waals surface area contributed by atoms with Crippen LogP contribution in [0.5, 0.6) is 0 Å². The highest BCUT2D eigenvalue weighted by molar-refractivity contribution is 6.31. The zero-order chi connectivity index (χ0) is 13.9. The molecule has 1 rings (SSSR count). The van der Waals surface area contributed by atoms with Gasteiger partial charge in [-0.05, 0) is 58.1 Å². The smallest absolute Gasteiger partial charge is 0.123 e. The summed E-state index contributed by atoms with van der Waals surface area (Å²) in [4.78, 5) is 2.07. The van der Waals surface area contributed by atoms with Crippen molar-refractivity contribution in [1.29, 1.82) is 0 Å². The average Bonchev–Trinajstić information content (AvgIpc) is 2.29. The number of nitrogens with two attached hydrogens (primary N) is 1. The van der Waals surface area contributed by atoms with Gasteiger partial charge in [0, 0.05) is 16.6 Å². The van der Waals surface area contributed by atoms with E-state index in [1.165, 1.54) is 12.1 Å². The molecule has 3 nitrogen and oxygen atoms in total. The van der Waals surface area contributed by atoms with Gasteiger partial charge in [0.15, 0.2) is 0 Å². The van der Waals surface area contributed by atoms with E-state index in [9.17, 15) is 4.39 Å². The third-order valence-corrected chi connectivity index (χ3v) is 4.01. The van der Waals surface area contributed by atoms with Crippen LogP contribution in [-0.4, -0.2) is 30.6 Å². The molecule has 0 fully saturated rings. The van der Waals surface area contributed by atoms with Gasteiger partial charge in [-0.25, -0.2) is 4.39 Å². The molecule has 1 aromatic carbocycles. The number of halogens is 2. The summed E-state index contributed by atoms with van der Waals surface area (Å²) in [5, 5.41) is 0.561. The standard InChI is InChI=1S/C13H21ClFN3/c1-13(2,18(3)4)12(17-16)8-9-7-10(15)5-6-11(9)14/h5-7,12,17H,8,16H2,1-4H3. The van der Waals surface area contributed by atoms with Crippen LogP contribution >= 0.6 is 11.6 Å². The zero-order valence-electron chi connectivity index (χ0n) is 11.3. The highest BCUT2D eigenvalue weighted by atomic mass is 35.5. The van der Waals surface area contributed by atoms with Crippen molar-refractivity contribution in [3.05, 3.63) is 34.6 Å². The molecule has 0 aromatic heterocycles. The van der Waals surface area contributed by atoms with Gasteiger partial charge in [0.1, 0.15) is 5.82 Å². The van der Waals surface area contributed by atoms with E-state index in [0.717, 1.165) is 5.56 Å². The molecule has 0 aliphatic carbocycles. The molecule has 1 unspecified atom stereocenters. The number of hydrazine groups is 1. The molecule has 0 aliphatic heterocycles. The summed E-state index contributed by atoms with van der Waals surface area (Å²) in [5.74, 6) is 5.33. The monoisotopic (exact) mass is 273 g/mol. The van der Waals surface area contributed by atoms with Crippen LogP contribution in [0.15, 0.2) is 18.2 Å². The lowest BCUT2D eigenvalue weighted by atomic mass is 9.88. The molecule has 5 heteroatoms. The molecule has 1 aromatic rings. The lowest BCUT2D eigenvalue weighted by molar-refractivity contribution is 0.137. The van der Waals surface area contributed by atoms with Crippen molar-refractivity contribution in [2.45, 2.75) is 31.8 Å². The summed E-state index contributed by atoms with van der Waals surface area (Å²) < 4.78 is 13.2. The first-order valence-electron chi connectivity index (χ1n) is 5.86. The van der Waals surface area contributed by atoms with Gasteiger partial charge in [0.25, 0.3) is 0 Å². The third-order valence-electron chi connectivity index (χ3n) is 3.64. The van der Waals surface area contributed by atoms with Gasteiger partial charge in [0.05, 0.1) is 0 Å². The molecular formula is C13H21ClFN3. The Hall–Kier alpha value is -0.680. The Kier molecular flexibility index (Phi) is 5.10. The maximum atomic E-state index is 13.2. The molecule has 102 valence electrons. The molecule has 0 saturated carbocycles. The van der Waals surface area contributed by atoms with E-state index in [-0.39, 0.29) is 17.4 Å². The number of hydrogen-bond donors (Lipinski definition) is 2. The Morgan fingerprint density at radius 1 is 1.44 bits per heavy atom. The maximum absolute atomic E-state index is 13.2. The molecule has 0 saturated heterocycles. The summed E-state index contributed by atoms with van der Waals surface area (Å²) in [5.41, 5.74) is 3.38. The largest absolute Gasteiger partial charge is 0.303 e. The highest BCUT2D eigenvalue weighted by Crippen LogP contribution is 2.24. The van der Waals surface area contributed by atoms with E-state index < -0.39 is 0 Å². The van der Waals surface area contributed by atoms with Gasteiger partial charge < -0.3 is 4.90 Å². The second-order valence-electron chi connectivity index (χ2n) is 5.21. The van der Waals surface area contributed by atoms with Gasteiger partial charge in [-0.15, -0.1) is 0 Å². The van der Waals surface area contributed by atoms with E-state index in [1.807, 2.05) is 14.1 Å². The minimum atomic E-state index is -0.284. The number of nitrogens with one attached hydrogen (secondary N) is 1. The van der Waals surface area contributed by atoms with Crippen molar-refractivity contribution < 1.29 is 4.39 Å². The lowest BCUT2D eigenvalue weighted by Gasteiger charge is -2.40. The Bertz CT molecular complexity index is 407. The molecular weight excluding hydrogens is 253 g/mol. The third kappa shape index (κ3) is 3.42. The van der Waals surface area contributed by atoms with Crippen molar-refractivity contribution in [1.82, 2.24) is 10.3 Å². The molecule has 0 bridgehead atoms. The fourth-order valence-corrected chi connectivity index (χ4v) is 1.94. The maximum Gasteiger partial charge on any atom is 0.123 e. The molecule has 0 radical (unpaired) electrons. The van der Waals surface area contributed by atoms with E-state index >= 15 is 0 Å². The Morgan fingerprint density at radius 3 is 2.56 bits per heavy atom. The minimum Gasteiger partial charge on any atom is -0.303 e. The van der Waals surface area contributed by atoms with E-state index in [2.05, 4.69) is 24.2 Å². The van der Waals surface area contributed by atoms with Crippen LogP contribution in [0.2, 0.25) is 5.02 Å². The van der Waals surface area contributed by atoms with E-state index in [4.69, 9.17) is 17.4 Å². The summed E-state index contributed by atoms with van der Waals surface area (Å²) in [6, 6.07) is 4.35. The van der Waals surface area contributed by atoms with Crippen LogP contribution in [0.25, 0.3) is 0 Å². The molecule has 0 amide bonds. The Balaban J connectivity index is 2.96. The topological polar surface area (TPSA) is 41.3 Å². The van der Waals surface area contributed by atoms with Crippen molar-refractivity contribution in [2.75, 3.05) is 14.1 Å². The minimum absolute atomic E-state index is 0.0354. The van der Waals surface area contributed by atoms with Gasteiger partial charge in [-0.2, -0.15) is 0 Å². The molecule has 3 N–H and O–H groups in total. The lowest BCUT2D eigenvalue weighted by Crippen LogP contribution is -2.58. The van der Waals surface area contributed by atoms with Gasteiger partial charge >= 0.3 is 0 Å². The predicted molar refractivity (Wildman–Crippen MR) is 74.0 cm³/mol. The summed E-state index contributed by atoms with van der Waals surface area (Å²) >= 11 is 6.08. The SMILES string of the molecule is CN(C)C(C)(C)C(Cc1cc(F)ccc1Cl)NN. The van der Waals surface area contributed by atoms with Gasteiger partial charge in [0.2, 0.25) is 0 Å². The molecule has 0 spiro atoms. The van der Waals surface area contributed by atoms with Crippen LogP contribution in [0.3, 0.4) is 0 Å². The Labute approximate surface area is 113 Å².